The Kier molecular flexibility index (Phi) is 4.10. The van der Waals surface area contributed by atoms with Gasteiger partial charge in [-0.2, -0.15) is 4.98 Å². The molecule has 0 aliphatic heterocycles. The van der Waals surface area contributed by atoms with Crippen LogP contribution in [-0.2, 0) is 16.7 Å². The molecule has 0 aliphatic carbocycles. The third-order valence-electron chi connectivity index (χ3n) is 2.76. The molecule has 108 valence electrons. The SMILES string of the molecule is COCC(C)(N)c1noc(Cc2ccc(F)c(F)c2)n1. The van der Waals surface area contributed by atoms with E-state index in [2.05, 4.69) is 10.1 Å². The van der Waals surface area contributed by atoms with Crippen LogP contribution in [0.2, 0.25) is 0 Å². The van der Waals surface area contributed by atoms with Crippen LogP contribution in [0.3, 0.4) is 0 Å². The average Bonchev–Trinajstić information content (AvgIpc) is 2.83. The Balaban J connectivity index is 2.15. The maximum atomic E-state index is 13.1. The molecule has 2 N–H and O–H groups in total. The first kappa shape index (κ1) is 14.5. The summed E-state index contributed by atoms with van der Waals surface area (Å²) in [5.41, 5.74) is 5.64. The smallest absolute Gasteiger partial charge is 0.231 e. The Bertz CT molecular complexity index is 599. The van der Waals surface area contributed by atoms with Crippen LogP contribution in [-0.4, -0.2) is 23.9 Å². The summed E-state index contributed by atoms with van der Waals surface area (Å²) in [6.07, 6.45) is 0.202. The fourth-order valence-electron chi connectivity index (χ4n) is 1.75. The number of aromatic nitrogens is 2. The van der Waals surface area contributed by atoms with Gasteiger partial charge >= 0.3 is 0 Å². The van der Waals surface area contributed by atoms with E-state index in [1.165, 1.54) is 13.2 Å². The van der Waals surface area contributed by atoms with Crippen molar-refractivity contribution in [3.05, 3.63) is 47.1 Å². The molecule has 0 spiro atoms. The molecule has 1 unspecified atom stereocenters. The largest absolute Gasteiger partial charge is 0.382 e. The molecule has 1 heterocycles. The molecular weight excluding hydrogens is 268 g/mol. The van der Waals surface area contributed by atoms with Crippen LogP contribution in [0, 0.1) is 11.6 Å². The minimum absolute atomic E-state index is 0.202. The quantitative estimate of drug-likeness (QED) is 0.905. The number of benzene rings is 1. The molecule has 1 aromatic carbocycles. The number of hydrogen-bond donors (Lipinski definition) is 1. The highest BCUT2D eigenvalue weighted by molar-refractivity contribution is 5.20. The van der Waals surface area contributed by atoms with Crippen molar-refractivity contribution in [2.24, 2.45) is 5.73 Å². The Morgan fingerprint density at radius 2 is 2.10 bits per heavy atom. The third-order valence-corrected chi connectivity index (χ3v) is 2.76. The third kappa shape index (κ3) is 3.17. The summed E-state index contributed by atoms with van der Waals surface area (Å²) in [5, 5.41) is 3.78. The Morgan fingerprint density at radius 1 is 1.35 bits per heavy atom. The van der Waals surface area contributed by atoms with E-state index < -0.39 is 17.2 Å². The van der Waals surface area contributed by atoms with Crippen molar-refractivity contribution in [1.29, 1.82) is 0 Å². The van der Waals surface area contributed by atoms with Crippen molar-refractivity contribution in [1.82, 2.24) is 10.1 Å². The number of methoxy groups -OCH3 is 1. The molecule has 1 aromatic heterocycles. The van der Waals surface area contributed by atoms with Crippen molar-refractivity contribution in [3.63, 3.8) is 0 Å². The molecule has 0 amide bonds. The van der Waals surface area contributed by atoms with Gasteiger partial charge in [0.1, 0.15) is 5.54 Å². The number of nitrogens with two attached hydrogens (primary N) is 1. The summed E-state index contributed by atoms with van der Waals surface area (Å²) in [6, 6.07) is 3.61. The summed E-state index contributed by atoms with van der Waals surface area (Å²) < 4.78 is 36.0. The van der Waals surface area contributed by atoms with Crippen molar-refractivity contribution >= 4 is 0 Å². The van der Waals surface area contributed by atoms with Crippen LogP contribution >= 0.6 is 0 Å². The minimum Gasteiger partial charge on any atom is -0.382 e. The highest BCUT2D eigenvalue weighted by Gasteiger charge is 2.27. The molecule has 0 radical (unpaired) electrons. The van der Waals surface area contributed by atoms with Crippen LogP contribution in [0.15, 0.2) is 22.7 Å². The summed E-state index contributed by atoms with van der Waals surface area (Å²) in [4.78, 5) is 4.15. The molecule has 0 fully saturated rings. The molecule has 0 bridgehead atoms. The number of halogens is 2. The van der Waals surface area contributed by atoms with Gasteiger partial charge in [-0.05, 0) is 24.6 Å². The van der Waals surface area contributed by atoms with Crippen LogP contribution < -0.4 is 5.73 Å². The van der Waals surface area contributed by atoms with Gasteiger partial charge in [0.05, 0.1) is 13.0 Å². The lowest BCUT2D eigenvalue weighted by molar-refractivity contribution is 0.135. The molecule has 2 aromatic rings. The van der Waals surface area contributed by atoms with Gasteiger partial charge in [-0.1, -0.05) is 11.2 Å². The zero-order valence-corrected chi connectivity index (χ0v) is 11.2. The second-order valence-corrected chi connectivity index (χ2v) is 4.79. The number of nitrogens with zero attached hydrogens (tertiary/aromatic N) is 2. The van der Waals surface area contributed by atoms with E-state index in [0.29, 0.717) is 11.4 Å². The fraction of sp³-hybridized carbons (Fsp3) is 0.385. The van der Waals surface area contributed by atoms with E-state index >= 15 is 0 Å². The van der Waals surface area contributed by atoms with E-state index in [1.54, 1.807) is 6.92 Å². The first-order valence-corrected chi connectivity index (χ1v) is 5.97. The van der Waals surface area contributed by atoms with Gasteiger partial charge in [-0.15, -0.1) is 0 Å². The van der Waals surface area contributed by atoms with Crippen LogP contribution in [0.4, 0.5) is 8.78 Å². The standard InChI is InChI=1S/C13H15F2N3O2/c1-13(16,7-19-2)12-17-11(20-18-12)6-8-3-4-9(14)10(15)5-8/h3-5H,6-7,16H2,1-2H3. The first-order chi connectivity index (χ1) is 9.42. The Morgan fingerprint density at radius 3 is 2.75 bits per heavy atom. The molecule has 0 aliphatic rings. The van der Waals surface area contributed by atoms with E-state index in [1.807, 2.05) is 0 Å². The zero-order valence-electron chi connectivity index (χ0n) is 11.2. The molecule has 1 atom stereocenters. The average molecular weight is 283 g/mol. The Hall–Kier alpha value is -1.86. The summed E-state index contributed by atoms with van der Waals surface area (Å²) >= 11 is 0. The van der Waals surface area contributed by atoms with Crippen LogP contribution in [0.5, 0.6) is 0 Å². The Labute approximate surface area is 114 Å². The number of ether oxygens (including phenoxy) is 1. The zero-order chi connectivity index (χ0) is 14.8. The van der Waals surface area contributed by atoms with Gasteiger partial charge in [0.2, 0.25) is 5.89 Å². The van der Waals surface area contributed by atoms with E-state index in [-0.39, 0.29) is 18.9 Å². The number of hydrogen-bond acceptors (Lipinski definition) is 5. The maximum Gasteiger partial charge on any atom is 0.231 e. The van der Waals surface area contributed by atoms with Crippen LogP contribution in [0.25, 0.3) is 0 Å². The lowest BCUT2D eigenvalue weighted by atomic mass is 10.1. The minimum atomic E-state index is -0.912. The van der Waals surface area contributed by atoms with Gasteiger partial charge in [-0.3, -0.25) is 0 Å². The summed E-state index contributed by atoms with van der Waals surface area (Å²) in [5.74, 6) is -1.23. The maximum absolute atomic E-state index is 13.1. The van der Waals surface area contributed by atoms with Crippen molar-refractivity contribution in [2.45, 2.75) is 18.9 Å². The monoisotopic (exact) mass is 283 g/mol. The molecule has 2 rings (SSSR count). The molecule has 20 heavy (non-hydrogen) atoms. The normalized spacial score (nSPS) is 14.2. The summed E-state index contributed by atoms with van der Waals surface area (Å²) in [7, 11) is 1.52. The van der Waals surface area contributed by atoms with Crippen molar-refractivity contribution in [2.75, 3.05) is 13.7 Å². The first-order valence-electron chi connectivity index (χ1n) is 5.97. The molecule has 0 saturated carbocycles. The molecular formula is C13H15F2N3O2. The van der Waals surface area contributed by atoms with E-state index in [0.717, 1.165) is 12.1 Å². The second kappa shape index (κ2) is 5.64. The predicted molar refractivity (Wildman–Crippen MR) is 66.9 cm³/mol. The molecule has 7 heteroatoms. The number of rotatable bonds is 5. The molecule has 5 nitrogen and oxygen atoms in total. The topological polar surface area (TPSA) is 74.2 Å². The van der Waals surface area contributed by atoms with E-state index in [9.17, 15) is 8.78 Å². The van der Waals surface area contributed by atoms with Gasteiger partial charge in [0.15, 0.2) is 17.5 Å². The lowest BCUT2D eigenvalue weighted by Gasteiger charge is -2.18. The van der Waals surface area contributed by atoms with Crippen molar-refractivity contribution < 1.29 is 18.0 Å². The van der Waals surface area contributed by atoms with Crippen LogP contribution in [0.1, 0.15) is 24.2 Å². The van der Waals surface area contributed by atoms with Gasteiger partial charge < -0.3 is 15.0 Å². The van der Waals surface area contributed by atoms with Gasteiger partial charge in [-0.25, -0.2) is 8.78 Å². The fourth-order valence-corrected chi connectivity index (χ4v) is 1.75. The summed E-state index contributed by atoms with van der Waals surface area (Å²) in [6.45, 7) is 1.94. The highest BCUT2D eigenvalue weighted by Crippen LogP contribution is 2.17. The second-order valence-electron chi connectivity index (χ2n) is 4.79. The highest BCUT2D eigenvalue weighted by atomic mass is 19.2. The predicted octanol–water partition coefficient (Wildman–Crippen LogP) is 1.76. The van der Waals surface area contributed by atoms with Gasteiger partial charge in [0.25, 0.3) is 0 Å². The molecule has 0 saturated heterocycles. The van der Waals surface area contributed by atoms with Gasteiger partial charge in [0, 0.05) is 7.11 Å². The van der Waals surface area contributed by atoms with E-state index in [4.69, 9.17) is 15.0 Å². The lowest BCUT2D eigenvalue weighted by Crippen LogP contribution is -2.39. The van der Waals surface area contributed by atoms with Crippen molar-refractivity contribution in [3.8, 4) is 0 Å².